The topological polar surface area (TPSA) is 137 Å². The zero-order valence-electron chi connectivity index (χ0n) is 24.6. The summed E-state index contributed by atoms with van der Waals surface area (Å²) < 4.78 is 24.9. The highest BCUT2D eigenvalue weighted by Gasteiger charge is 2.66. The zero-order valence-corrected chi connectivity index (χ0v) is 24.6. The molecule has 1 saturated carbocycles. The summed E-state index contributed by atoms with van der Waals surface area (Å²) >= 11 is 0. The number of nitrogens with two attached hydrogens (primary N) is 1. The molecule has 4 aliphatic heterocycles. The summed E-state index contributed by atoms with van der Waals surface area (Å²) in [5.41, 5.74) is 5.94. The number of phenols is 1. The van der Waals surface area contributed by atoms with Crippen LogP contribution in [-0.4, -0.2) is 41.0 Å². The quantitative estimate of drug-likeness (QED) is 0.342. The number of rotatable bonds is 3. The highest BCUT2D eigenvalue weighted by molar-refractivity contribution is 5.88. The van der Waals surface area contributed by atoms with Gasteiger partial charge >= 0.3 is 5.97 Å². The number of aryl methyl sites for hydroxylation is 1. The second-order valence-electron chi connectivity index (χ2n) is 13.4. The summed E-state index contributed by atoms with van der Waals surface area (Å²) in [5, 5.41) is 14.7. The number of hydrogen-bond donors (Lipinski definition) is 3. The second kappa shape index (κ2) is 9.53. The lowest BCUT2D eigenvalue weighted by molar-refractivity contribution is -0.170. The Morgan fingerprint density at radius 2 is 1.86 bits per heavy atom. The highest BCUT2D eigenvalue weighted by Crippen LogP contribution is 2.57. The third-order valence-electron chi connectivity index (χ3n) is 10.3. The monoisotopic (exact) mass is 576 g/mol. The van der Waals surface area contributed by atoms with Crippen molar-refractivity contribution in [2.75, 3.05) is 6.54 Å². The van der Waals surface area contributed by atoms with E-state index in [0.29, 0.717) is 42.3 Å². The molecule has 0 amide bonds. The van der Waals surface area contributed by atoms with E-state index >= 15 is 0 Å². The van der Waals surface area contributed by atoms with E-state index in [1.165, 1.54) is 11.6 Å². The molecule has 9 heteroatoms. The molecule has 3 fully saturated rings. The van der Waals surface area contributed by atoms with E-state index in [9.17, 15) is 14.7 Å². The van der Waals surface area contributed by atoms with Crippen molar-refractivity contribution in [1.82, 2.24) is 5.32 Å². The second-order valence-corrected chi connectivity index (χ2v) is 13.4. The number of ether oxygens (including phenoxy) is 3. The lowest BCUT2D eigenvalue weighted by Gasteiger charge is -2.44. The van der Waals surface area contributed by atoms with E-state index in [0.717, 1.165) is 44.9 Å². The molecule has 4 N–H and O–H groups in total. The minimum absolute atomic E-state index is 0.0550. The molecule has 1 aromatic heterocycles. The number of phenolic OH excluding ortho intramolecular Hbond substituents is 1. The van der Waals surface area contributed by atoms with Crippen molar-refractivity contribution >= 4 is 16.9 Å². The summed E-state index contributed by atoms with van der Waals surface area (Å²) in [5.74, 6) is 0.730. The minimum atomic E-state index is -0.979. The molecule has 2 aromatic rings. The van der Waals surface area contributed by atoms with Gasteiger partial charge in [0.25, 0.3) is 0 Å². The molecular weight excluding hydrogens is 536 g/mol. The smallest absolute Gasteiger partial charge is 0.341 e. The fourth-order valence-corrected chi connectivity index (χ4v) is 8.19. The first-order valence-electron chi connectivity index (χ1n) is 15.3. The Hall–Kier alpha value is -3.46. The van der Waals surface area contributed by atoms with Gasteiger partial charge in [-0.25, -0.2) is 4.79 Å². The average Bonchev–Trinajstić information content (AvgIpc) is 3.36. The number of esters is 1. The number of benzene rings is 1. The van der Waals surface area contributed by atoms with Crippen LogP contribution in [-0.2, 0) is 14.3 Å². The molecule has 5 heterocycles. The Balaban J connectivity index is 1.21. The van der Waals surface area contributed by atoms with Crippen LogP contribution in [0.2, 0.25) is 0 Å². The van der Waals surface area contributed by atoms with E-state index in [-0.39, 0.29) is 45.6 Å². The fourth-order valence-electron chi connectivity index (χ4n) is 8.19. The summed E-state index contributed by atoms with van der Waals surface area (Å²) in [6, 6.07) is 3.06. The maximum absolute atomic E-state index is 14.1. The number of allylic oxidation sites excluding steroid dienone is 2. The Kier molecular flexibility index (Phi) is 6.21. The molecule has 224 valence electrons. The largest absolute Gasteiger partial charge is 0.507 e. The van der Waals surface area contributed by atoms with E-state index in [1.54, 1.807) is 13.0 Å². The van der Waals surface area contributed by atoms with Gasteiger partial charge < -0.3 is 34.8 Å². The van der Waals surface area contributed by atoms with Crippen molar-refractivity contribution in [3.05, 3.63) is 57.2 Å². The van der Waals surface area contributed by atoms with Gasteiger partial charge in [0.2, 0.25) is 0 Å². The van der Waals surface area contributed by atoms with Crippen LogP contribution in [0, 0.1) is 12.3 Å². The number of carbonyl (C=O) groups is 1. The van der Waals surface area contributed by atoms with Gasteiger partial charge in [-0.2, -0.15) is 0 Å². The molecule has 1 spiro atoms. The first kappa shape index (κ1) is 27.4. The molecule has 9 nitrogen and oxygen atoms in total. The normalized spacial score (nSPS) is 31.3. The molecular formula is C33H40N2O7. The predicted octanol–water partition coefficient (Wildman–Crippen LogP) is 4.97. The number of aromatic hydroxyl groups is 1. The molecule has 1 aromatic carbocycles. The molecule has 0 bridgehead atoms. The molecule has 4 atom stereocenters. The Labute approximate surface area is 245 Å². The summed E-state index contributed by atoms with van der Waals surface area (Å²) in [4.78, 5) is 27.0. The van der Waals surface area contributed by atoms with Crippen molar-refractivity contribution < 1.29 is 28.5 Å². The SMILES string of the molecule is Cc1cc(=O)c2c(O)c3c(cc2o1)OC(C)(C)C1OC(=O)C2(CCCCC31)OC2CC1(C2=CCNC(N)=C2)CCCC1. The van der Waals surface area contributed by atoms with Crippen LogP contribution in [0.15, 0.2) is 44.9 Å². The van der Waals surface area contributed by atoms with Crippen LogP contribution in [0.5, 0.6) is 11.5 Å². The van der Waals surface area contributed by atoms with Gasteiger partial charge in [-0.15, -0.1) is 0 Å². The zero-order chi connectivity index (χ0) is 29.4. The van der Waals surface area contributed by atoms with Gasteiger partial charge in [-0.1, -0.05) is 25.3 Å². The van der Waals surface area contributed by atoms with Crippen molar-refractivity contribution in [1.29, 1.82) is 0 Å². The number of fused-ring (bicyclic) bond motifs is 4. The van der Waals surface area contributed by atoms with Crippen LogP contribution < -0.4 is 21.2 Å². The molecule has 4 unspecified atom stereocenters. The van der Waals surface area contributed by atoms with Gasteiger partial charge in [0.1, 0.15) is 39.9 Å². The molecule has 7 rings (SSSR count). The summed E-state index contributed by atoms with van der Waals surface area (Å²) in [7, 11) is 0. The Bertz CT molecular complexity index is 1580. The van der Waals surface area contributed by atoms with Crippen LogP contribution >= 0.6 is 0 Å². The summed E-state index contributed by atoms with van der Waals surface area (Å²) in [6.45, 7) is 6.21. The Morgan fingerprint density at radius 1 is 1.10 bits per heavy atom. The molecule has 42 heavy (non-hydrogen) atoms. The number of carbonyl (C=O) groups excluding carboxylic acids is 1. The highest BCUT2D eigenvalue weighted by atomic mass is 16.7. The molecule has 1 aliphatic carbocycles. The summed E-state index contributed by atoms with van der Waals surface area (Å²) in [6.07, 6.45) is 11.4. The van der Waals surface area contributed by atoms with Crippen LogP contribution in [0.1, 0.15) is 88.9 Å². The van der Waals surface area contributed by atoms with Crippen LogP contribution in [0.3, 0.4) is 0 Å². The third kappa shape index (κ3) is 4.22. The van der Waals surface area contributed by atoms with E-state index < -0.39 is 17.3 Å². The van der Waals surface area contributed by atoms with Crippen molar-refractivity contribution in [3.8, 4) is 11.5 Å². The molecule has 2 saturated heterocycles. The number of hydrogen-bond acceptors (Lipinski definition) is 9. The van der Waals surface area contributed by atoms with Gasteiger partial charge in [0, 0.05) is 30.2 Å². The first-order chi connectivity index (χ1) is 20.0. The maximum Gasteiger partial charge on any atom is 0.341 e. The van der Waals surface area contributed by atoms with Crippen molar-refractivity contribution in [3.63, 3.8) is 0 Å². The van der Waals surface area contributed by atoms with E-state index in [1.807, 2.05) is 19.9 Å². The van der Waals surface area contributed by atoms with Gasteiger partial charge in [-0.3, -0.25) is 4.79 Å². The molecule has 0 radical (unpaired) electrons. The van der Waals surface area contributed by atoms with E-state index in [2.05, 4.69) is 11.4 Å². The first-order valence-corrected chi connectivity index (χ1v) is 15.3. The predicted molar refractivity (Wildman–Crippen MR) is 156 cm³/mol. The maximum atomic E-state index is 14.1. The fraction of sp³-hybridized carbons (Fsp3) is 0.576. The van der Waals surface area contributed by atoms with Crippen molar-refractivity contribution in [2.24, 2.45) is 11.1 Å². The lowest BCUT2D eigenvalue weighted by Crippen LogP contribution is -2.52. The van der Waals surface area contributed by atoms with Gasteiger partial charge in [0.15, 0.2) is 11.0 Å². The minimum Gasteiger partial charge on any atom is -0.507 e. The number of dihydropyridines is 1. The van der Waals surface area contributed by atoms with E-state index in [4.69, 9.17) is 24.4 Å². The standard InChI is InChI=1S/C33H40N2O7/c1-18-14-21(36)27-22(39-18)16-23-26(28(27)37)20-8-4-5-12-33(30(38)40-29(20)31(2,3)41-23)24(42-33)17-32(10-6-7-11-32)19-9-13-35-25(34)15-19/h9,14-16,20,24,29,35,37H,4-8,10-13,17,34H2,1-3H3. The van der Waals surface area contributed by atoms with Crippen LogP contribution in [0.4, 0.5) is 0 Å². The number of nitrogens with one attached hydrogen (secondary N) is 1. The third-order valence-corrected chi connectivity index (χ3v) is 10.3. The Morgan fingerprint density at radius 3 is 2.62 bits per heavy atom. The van der Waals surface area contributed by atoms with Gasteiger partial charge in [-0.05, 0) is 76.4 Å². The average molecular weight is 577 g/mol. The van der Waals surface area contributed by atoms with Crippen molar-refractivity contribution in [2.45, 2.75) is 108 Å². The van der Waals surface area contributed by atoms with Crippen LogP contribution in [0.25, 0.3) is 11.0 Å². The molecule has 5 aliphatic rings. The number of epoxide rings is 1. The lowest BCUT2D eigenvalue weighted by atomic mass is 9.72. The van der Waals surface area contributed by atoms with Gasteiger partial charge in [0.05, 0.1) is 11.9 Å².